The van der Waals surface area contributed by atoms with Gasteiger partial charge in [-0.1, -0.05) is 29.8 Å². The second-order valence-electron chi connectivity index (χ2n) is 6.45. The largest absolute Gasteiger partial charge is 0.357 e. The number of piperidine rings is 1. The Morgan fingerprint density at radius 2 is 2.00 bits per heavy atom. The van der Waals surface area contributed by atoms with Crippen LogP contribution in [0, 0.1) is 5.92 Å². The summed E-state index contributed by atoms with van der Waals surface area (Å²) in [5.74, 6) is 2.73. The maximum Gasteiger partial charge on any atom is 0.191 e. The minimum Gasteiger partial charge on any atom is -0.357 e. The van der Waals surface area contributed by atoms with Gasteiger partial charge in [-0.25, -0.2) is 0 Å². The molecule has 2 rings (SSSR count). The average Bonchev–Trinajstić information content (AvgIpc) is 2.63. The summed E-state index contributed by atoms with van der Waals surface area (Å²) in [5.41, 5.74) is 1.23. The van der Waals surface area contributed by atoms with Crippen LogP contribution in [0.4, 0.5) is 0 Å². The number of nitrogens with one attached hydrogen (secondary N) is 2. The van der Waals surface area contributed by atoms with Crippen LogP contribution in [0.5, 0.6) is 0 Å². The van der Waals surface area contributed by atoms with Gasteiger partial charge < -0.3 is 10.6 Å². The topological polar surface area (TPSA) is 39.7 Å². The maximum atomic E-state index is 6.28. The first-order valence-electron chi connectivity index (χ1n) is 9.19. The summed E-state index contributed by atoms with van der Waals surface area (Å²) in [7, 11) is 0. The zero-order chi connectivity index (χ0) is 17.9. The van der Waals surface area contributed by atoms with E-state index in [1.54, 1.807) is 0 Å². The molecule has 1 aliphatic rings. The van der Waals surface area contributed by atoms with E-state index in [0.717, 1.165) is 56.0 Å². The van der Waals surface area contributed by atoms with Crippen molar-refractivity contribution < 1.29 is 0 Å². The Labute approximate surface area is 184 Å². The lowest BCUT2D eigenvalue weighted by Gasteiger charge is -2.31. The molecule has 0 bridgehead atoms. The van der Waals surface area contributed by atoms with Gasteiger partial charge in [-0.05, 0) is 56.7 Å². The van der Waals surface area contributed by atoms with Crippen LogP contribution in [0.3, 0.4) is 0 Å². The summed E-state index contributed by atoms with van der Waals surface area (Å²) >= 11 is 8.13. The quantitative estimate of drug-likeness (QED) is 0.239. The summed E-state index contributed by atoms with van der Waals surface area (Å²) in [6, 6.07) is 8.16. The van der Waals surface area contributed by atoms with Crippen molar-refractivity contribution in [2.24, 2.45) is 10.9 Å². The first kappa shape index (κ1) is 23.9. The highest BCUT2D eigenvalue weighted by molar-refractivity contribution is 14.0. The SMILES string of the molecule is CCNC(=NCC1CCN(Cc2ccccc2Cl)CC1)NCCSC.I. The number of thioether (sulfide) groups is 1. The number of aliphatic imine (C=N–C) groups is 1. The van der Waals surface area contributed by atoms with Crippen LogP contribution in [-0.4, -0.2) is 55.6 Å². The number of hydrogen-bond donors (Lipinski definition) is 2. The summed E-state index contributed by atoms with van der Waals surface area (Å²) in [5, 5.41) is 7.61. The van der Waals surface area contributed by atoms with E-state index in [0.29, 0.717) is 5.92 Å². The van der Waals surface area contributed by atoms with Gasteiger partial charge in [0.2, 0.25) is 0 Å². The Bertz CT molecular complexity index is 536. The average molecular weight is 511 g/mol. The van der Waals surface area contributed by atoms with E-state index < -0.39 is 0 Å². The molecule has 1 heterocycles. The van der Waals surface area contributed by atoms with Gasteiger partial charge in [0.05, 0.1) is 0 Å². The highest BCUT2D eigenvalue weighted by Crippen LogP contribution is 2.22. The third kappa shape index (κ3) is 8.67. The number of hydrogen-bond acceptors (Lipinski definition) is 3. The van der Waals surface area contributed by atoms with E-state index in [-0.39, 0.29) is 24.0 Å². The molecular formula is C19H32ClIN4S. The molecular weight excluding hydrogens is 479 g/mol. The molecule has 0 spiro atoms. The molecule has 26 heavy (non-hydrogen) atoms. The van der Waals surface area contributed by atoms with E-state index in [1.165, 1.54) is 18.4 Å². The molecule has 1 aliphatic heterocycles. The summed E-state index contributed by atoms with van der Waals surface area (Å²) < 4.78 is 0. The summed E-state index contributed by atoms with van der Waals surface area (Å²) in [4.78, 5) is 7.28. The van der Waals surface area contributed by atoms with Gasteiger partial charge in [0.25, 0.3) is 0 Å². The van der Waals surface area contributed by atoms with E-state index in [9.17, 15) is 0 Å². The van der Waals surface area contributed by atoms with Crippen LogP contribution in [0.2, 0.25) is 5.02 Å². The zero-order valence-electron chi connectivity index (χ0n) is 15.8. The minimum atomic E-state index is 0. The van der Waals surface area contributed by atoms with Crippen LogP contribution in [-0.2, 0) is 6.54 Å². The van der Waals surface area contributed by atoms with Gasteiger partial charge in [-0.3, -0.25) is 9.89 Å². The molecule has 1 aromatic carbocycles. The normalized spacial score (nSPS) is 16.2. The van der Waals surface area contributed by atoms with Crippen molar-refractivity contribution in [2.75, 3.05) is 44.7 Å². The first-order chi connectivity index (χ1) is 12.2. The fourth-order valence-corrected chi connectivity index (χ4v) is 3.53. The molecule has 0 saturated carbocycles. The van der Waals surface area contributed by atoms with Crippen molar-refractivity contribution in [3.05, 3.63) is 34.9 Å². The lowest BCUT2D eigenvalue weighted by Crippen LogP contribution is -2.39. The number of likely N-dealkylation sites (tertiary alicyclic amines) is 1. The van der Waals surface area contributed by atoms with Crippen LogP contribution in [0.15, 0.2) is 29.3 Å². The van der Waals surface area contributed by atoms with E-state index >= 15 is 0 Å². The molecule has 1 aromatic rings. The third-order valence-corrected chi connectivity index (χ3v) is 5.49. The van der Waals surface area contributed by atoms with Crippen molar-refractivity contribution in [3.8, 4) is 0 Å². The molecule has 0 radical (unpaired) electrons. The molecule has 148 valence electrons. The lowest BCUT2D eigenvalue weighted by atomic mass is 9.96. The Balaban J connectivity index is 0.00000338. The first-order valence-corrected chi connectivity index (χ1v) is 11.0. The van der Waals surface area contributed by atoms with Crippen molar-refractivity contribution in [3.63, 3.8) is 0 Å². The highest BCUT2D eigenvalue weighted by Gasteiger charge is 2.19. The lowest BCUT2D eigenvalue weighted by molar-refractivity contribution is 0.180. The number of guanidine groups is 1. The highest BCUT2D eigenvalue weighted by atomic mass is 127. The Morgan fingerprint density at radius 3 is 2.65 bits per heavy atom. The van der Waals surface area contributed by atoms with Crippen LogP contribution in [0.25, 0.3) is 0 Å². The number of benzene rings is 1. The summed E-state index contributed by atoms with van der Waals surface area (Å²) in [6.45, 7) is 8.09. The predicted molar refractivity (Wildman–Crippen MR) is 127 cm³/mol. The second kappa shape index (κ2) is 13.9. The van der Waals surface area contributed by atoms with Gasteiger partial charge in [0.15, 0.2) is 5.96 Å². The third-order valence-electron chi connectivity index (χ3n) is 4.51. The minimum absolute atomic E-state index is 0. The molecule has 1 fully saturated rings. The molecule has 0 atom stereocenters. The van der Waals surface area contributed by atoms with Crippen molar-refractivity contribution >= 4 is 53.3 Å². The molecule has 1 saturated heterocycles. The van der Waals surface area contributed by atoms with E-state index in [4.69, 9.17) is 16.6 Å². The van der Waals surface area contributed by atoms with E-state index in [1.807, 2.05) is 23.9 Å². The summed E-state index contributed by atoms with van der Waals surface area (Å²) in [6.07, 6.45) is 4.54. The Morgan fingerprint density at radius 1 is 1.27 bits per heavy atom. The van der Waals surface area contributed by atoms with Gasteiger partial charge in [-0.15, -0.1) is 24.0 Å². The van der Waals surface area contributed by atoms with Gasteiger partial charge in [0.1, 0.15) is 0 Å². The van der Waals surface area contributed by atoms with Gasteiger partial charge in [0, 0.05) is 37.0 Å². The molecule has 0 aromatic heterocycles. The number of halogens is 2. The number of nitrogens with zero attached hydrogens (tertiary/aromatic N) is 2. The molecule has 4 nitrogen and oxygen atoms in total. The molecule has 2 N–H and O–H groups in total. The Kier molecular flexibility index (Phi) is 12.8. The number of rotatable bonds is 8. The zero-order valence-corrected chi connectivity index (χ0v) is 19.7. The smallest absolute Gasteiger partial charge is 0.191 e. The molecule has 0 unspecified atom stereocenters. The standard InChI is InChI=1S/C19H31ClN4S.HI/c1-3-21-19(22-10-13-25-2)23-14-16-8-11-24(12-9-16)15-17-6-4-5-7-18(17)20;/h4-7,16H,3,8-15H2,1-2H3,(H2,21,22,23);1H. The predicted octanol–water partition coefficient (Wildman–Crippen LogP) is 4.09. The van der Waals surface area contributed by atoms with Crippen LogP contribution in [0.1, 0.15) is 25.3 Å². The fourth-order valence-electron chi connectivity index (χ4n) is 3.03. The van der Waals surface area contributed by atoms with Crippen LogP contribution >= 0.6 is 47.3 Å². The monoisotopic (exact) mass is 510 g/mol. The second-order valence-corrected chi connectivity index (χ2v) is 7.84. The van der Waals surface area contributed by atoms with Crippen molar-refractivity contribution in [1.82, 2.24) is 15.5 Å². The van der Waals surface area contributed by atoms with Crippen LogP contribution < -0.4 is 10.6 Å². The fraction of sp³-hybridized carbons (Fsp3) is 0.632. The molecule has 0 amide bonds. The van der Waals surface area contributed by atoms with E-state index in [2.05, 4.69) is 40.8 Å². The molecule has 7 heteroatoms. The molecule has 0 aliphatic carbocycles. The Hall–Kier alpha value is -0.180. The maximum absolute atomic E-state index is 6.28. The van der Waals surface area contributed by atoms with Gasteiger partial charge in [-0.2, -0.15) is 11.8 Å². The van der Waals surface area contributed by atoms with Crippen molar-refractivity contribution in [2.45, 2.75) is 26.3 Å². The van der Waals surface area contributed by atoms with Gasteiger partial charge >= 0.3 is 0 Å². The van der Waals surface area contributed by atoms with Crippen molar-refractivity contribution in [1.29, 1.82) is 0 Å².